The predicted octanol–water partition coefficient (Wildman–Crippen LogP) is 2.81. The van der Waals surface area contributed by atoms with Crippen molar-refractivity contribution in [1.82, 2.24) is 5.43 Å². The van der Waals surface area contributed by atoms with Gasteiger partial charge in [-0.2, -0.15) is 5.10 Å². The number of aryl methyl sites for hydroxylation is 1. The van der Waals surface area contributed by atoms with E-state index in [2.05, 4.69) is 15.3 Å². The summed E-state index contributed by atoms with van der Waals surface area (Å²) >= 11 is 0. The summed E-state index contributed by atoms with van der Waals surface area (Å²) in [7, 11) is -1.71. The molecule has 3 aromatic rings. The number of methoxy groups -OCH3 is 2. The Balaban J connectivity index is 1.79. The monoisotopic (exact) mass is 570 g/mol. The van der Waals surface area contributed by atoms with Crippen molar-refractivity contribution in [2.45, 2.75) is 11.8 Å². The van der Waals surface area contributed by atoms with Gasteiger partial charge >= 0.3 is 5.97 Å². The molecule has 40 heavy (non-hydrogen) atoms. The largest absolute Gasteiger partial charge is 0.497 e. The van der Waals surface area contributed by atoms with Gasteiger partial charge in [-0.15, -0.1) is 0 Å². The van der Waals surface area contributed by atoms with Crippen LogP contribution in [0.1, 0.15) is 11.1 Å². The molecule has 210 valence electrons. The number of carbonyl (C=O) groups is 2. The molecule has 13 nitrogen and oxygen atoms in total. The SMILES string of the molecule is COC(=O)COc1ccc(/C=N/NC(=O)CN(c2ccc(OC)cc2)S(=O)(=O)c2ccc(C)c([N+](=O)[O-])c2)cc1. The molecule has 0 spiro atoms. The van der Waals surface area contributed by atoms with Gasteiger partial charge in [-0.05, 0) is 67.1 Å². The molecule has 1 N–H and O–H groups in total. The Labute approximate surface area is 230 Å². The van der Waals surface area contributed by atoms with Crippen molar-refractivity contribution in [3.05, 3.63) is 88.0 Å². The average Bonchev–Trinajstić information content (AvgIpc) is 2.95. The van der Waals surface area contributed by atoms with Gasteiger partial charge in [0.1, 0.15) is 18.0 Å². The molecule has 0 saturated heterocycles. The van der Waals surface area contributed by atoms with Crippen LogP contribution >= 0.6 is 0 Å². The normalized spacial score (nSPS) is 11.1. The molecule has 0 atom stereocenters. The highest BCUT2D eigenvalue weighted by atomic mass is 32.2. The maximum Gasteiger partial charge on any atom is 0.343 e. The second kappa shape index (κ2) is 13.2. The smallest absolute Gasteiger partial charge is 0.343 e. The third-order valence-electron chi connectivity index (χ3n) is 5.48. The van der Waals surface area contributed by atoms with Gasteiger partial charge in [0.05, 0.1) is 35.9 Å². The lowest BCUT2D eigenvalue weighted by Crippen LogP contribution is -2.39. The van der Waals surface area contributed by atoms with Crippen molar-refractivity contribution >= 4 is 39.5 Å². The van der Waals surface area contributed by atoms with Crippen LogP contribution in [0.5, 0.6) is 11.5 Å². The van der Waals surface area contributed by atoms with Gasteiger partial charge in [-0.25, -0.2) is 18.6 Å². The summed E-state index contributed by atoms with van der Waals surface area (Å²) in [6, 6.07) is 15.9. The van der Waals surface area contributed by atoms with E-state index in [4.69, 9.17) is 9.47 Å². The summed E-state index contributed by atoms with van der Waals surface area (Å²) < 4.78 is 42.8. The van der Waals surface area contributed by atoms with Crippen LogP contribution in [0.15, 0.2) is 76.7 Å². The molecule has 0 aliphatic heterocycles. The quantitative estimate of drug-likeness (QED) is 0.149. The number of hydrogen-bond acceptors (Lipinski definition) is 10. The van der Waals surface area contributed by atoms with Crippen LogP contribution in [0.25, 0.3) is 0 Å². The van der Waals surface area contributed by atoms with Crippen molar-refractivity contribution in [1.29, 1.82) is 0 Å². The highest BCUT2D eigenvalue weighted by Gasteiger charge is 2.29. The number of rotatable bonds is 12. The number of anilines is 1. The Hall–Kier alpha value is -4.98. The number of esters is 1. The minimum absolute atomic E-state index is 0.130. The fourth-order valence-corrected chi connectivity index (χ4v) is 4.77. The van der Waals surface area contributed by atoms with Crippen molar-refractivity contribution in [3.63, 3.8) is 0 Å². The molecule has 0 aliphatic rings. The summed E-state index contributed by atoms with van der Waals surface area (Å²) in [4.78, 5) is 34.3. The molecule has 3 rings (SSSR count). The van der Waals surface area contributed by atoms with E-state index >= 15 is 0 Å². The van der Waals surface area contributed by atoms with Crippen molar-refractivity contribution in [2.24, 2.45) is 5.10 Å². The number of nitro benzene ring substituents is 1. The molecule has 0 saturated carbocycles. The van der Waals surface area contributed by atoms with Gasteiger partial charge in [0, 0.05) is 11.6 Å². The van der Waals surface area contributed by atoms with E-state index in [9.17, 15) is 28.1 Å². The number of benzene rings is 3. The minimum Gasteiger partial charge on any atom is -0.497 e. The second-order valence-electron chi connectivity index (χ2n) is 8.14. The van der Waals surface area contributed by atoms with Crippen LogP contribution in [0.2, 0.25) is 0 Å². The molecule has 0 unspecified atom stereocenters. The van der Waals surface area contributed by atoms with E-state index in [-0.39, 0.29) is 28.4 Å². The maximum atomic E-state index is 13.6. The van der Waals surface area contributed by atoms with E-state index < -0.39 is 33.4 Å². The van der Waals surface area contributed by atoms with Crippen LogP contribution in [-0.4, -0.2) is 58.8 Å². The van der Waals surface area contributed by atoms with Crippen molar-refractivity contribution in [2.75, 3.05) is 31.7 Å². The Morgan fingerprint density at radius 3 is 2.27 bits per heavy atom. The Kier molecular flexibility index (Phi) is 9.76. The van der Waals surface area contributed by atoms with Crippen molar-refractivity contribution < 1.29 is 37.1 Å². The summed E-state index contributed by atoms with van der Waals surface area (Å²) in [6.07, 6.45) is 1.33. The van der Waals surface area contributed by atoms with Crippen molar-refractivity contribution in [3.8, 4) is 11.5 Å². The molecule has 0 aromatic heterocycles. The van der Waals surface area contributed by atoms with E-state index in [0.29, 0.717) is 17.1 Å². The zero-order valence-corrected chi connectivity index (χ0v) is 22.6. The molecule has 0 heterocycles. The summed E-state index contributed by atoms with van der Waals surface area (Å²) in [6.45, 7) is 0.571. The topological polar surface area (TPSA) is 167 Å². The first kappa shape index (κ1) is 29.6. The van der Waals surface area contributed by atoms with E-state index in [0.717, 1.165) is 10.4 Å². The van der Waals surface area contributed by atoms with E-state index in [1.54, 1.807) is 24.3 Å². The number of hydrazone groups is 1. The third-order valence-corrected chi connectivity index (χ3v) is 7.25. The number of nitrogens with zero attached hydrogens (tertiary/aromatic N) is 3. The van der Waals surface area contributed by atoms with Gasteiger partial charge in [0.25, 0.3) is 21.6 Å². The summed E-state index contributed by atoms with van der Waals surface area (Å²) in [5.41, 5.74) is 2.91. The summed E-state index contributed by atoms with van der Waals surface area (Å²) in [5, 5.41) is 15.3. The Bertz CT molecular complexity index is 1510. The minimum atomic E-state index is -4.41. The van der Waals surface area contributed by atoms with Gasteiger partial charge in [0.2, 0.25) is 0 Å². The molecule has 0 bridgehead atoms. The standard InChI is InChI=1S/C26H26N4O9S/c1-18-4-13-23(14-24(18)30(33)34)40(35,36)29(20-7-11-21(37-2)12-8-20)16-25(31)28-27-15-19-5-9-22(10-6-19)39-17-26(32)38-3/h4-15H,16-17H2,1-3H3,(H,28,31)/b27-15+. The number of sulfonamides is 1. The number of nitro groups is 1. The lowest BCUT2D eigenvalue weighted by Gasteiger charge is -2.24. The number of nitrogens with one attached hydrogen (secondary N) is 1. The summed E-state index contributed by atoms with van der Waals surface area (Å²) in [5.74, 6) is -0.416. The van der Waals surface area contributed by atoms with Gasteiger partial charge in [0.15, 0.2) is 6.61 Å². The van der Waals surface area contributed by atoms with Crippen LogP contribution in [0.4, 0.5) is 11.4 Å². The maximum absolute atomic E-state index is 13.6. The number of amides is 1. The van der Waals surface area contributed by atoms with Gasteiger partial charge in [-0.3, -0.25) is 19.2 Å². The lowest BCUT2D eigenvalue weighted by molar-refractivity contribution is -0.385. The first-order valence-corrected chi connectivity index (χ1v) is 13.0. The molecular weight excluding hydrogens is 544 g/mol. The molecule has 0 aliphatic carbocycles. The van der Waals surface area contributed by atoms with Gasteiger partial charge in [-0.1, -0.05) is 6.07 Å². The molecule has 0 radical (unpaired) electrons. The first-order valence-electron chi connectivity index (χ1n) is 11.6. The Morgan fingerprint density at radius 2 is 1.68 bits per heavy atom. The highest BCUT2D eigenvalue weighted by Crippen LogP contribution is 2.29. The molecule has 0 fully saturated rings. The molecule has 1 amide bonds. The predicted molar refractivity (Wildman–Crippen MR) is 145 cm³/mol. The van der Waals surface area contributed by atoms with Crippen LogP contribution in [0.3, 0.4) is 0 Å². The molecular formula is C26H26N4O9S. The third kappa shape index (κ3) is 7.54. The number of hydrogen-bond donors (Lipinski definition) is 1. The molecule has 3 aromatic carbocycles. The zero-order chi connectivity index (χ0) is 29.3. The first-order chi connectivity index (χ1) is 19.0. The molecule has 14 heteroatoms. The van der Waals surface area contributed by atoms with E-state index in [1.807, 2.05) is 0 Å². The number of carbonyl (C=O) groups excluding carboxylic acids is 2. The Morgan fingerprint density at radius 1 is 1.02 bits per heavy atom. The van der Waals surface area contributed by atoms with E-state index in [1.165, 1.54) is 63.8 Å². The second-order valence-corrected chi connectivity index (χ2v) is 10.0. The highest BCUT2D eigenvalue weighted by molar-refractivity contribution is 7.92. The lowest BCUT2D eigenvalue weighted by atomic mass is 10.2. The van der Waals surface area contributed by atoms with Crippen LogP contribution in [0, 0.1) is 17.0 Å². The van der Waals surface area contributed by atoms with Crippen LogP contribution in [-0.2, 0) is 24.3 Å². The van der Waals surface area contributed by atoms with Crippen LogP contribution < -0.4 is 19.2 Å². The zero-order valence-electron chi connectivity index (χ0n) is 21.8. The fraction of sp³-hybridized carbons (Fsp3) is 0.192. The van der Waals surface area contributed by atoms with Gasteiger partial charge < -0.3 is 14.2 Å². The average molecular weight is 571 g/mol. The fourth-order valence-electron chi connectivity index (χ4n) is 3.33. The number of ether oxygens (including phenoxy) is 3.